The van der Waals surface area contributed by atoms with Crippen LogP contribution in [0.1, 0.15) is 16.8 Å². The number of carbonyl (C=O) groups is 1. The first kappa shape index (κ1) is 17.2. The summed E-state index contributed by atoms with van der Waals surface area (Å²) in [7, 11) is -3.95. The fourth-order valence-electron chi connectivity index (χ4n) is 2.51. The van der Waals surface area contributed by atoms with Crippen LogP contribution in [0.5, 0.6) is 5.88 Å². The van der Waals surface area contributed by atoms with Gasteiger partial charge in [0.2, 0.25) is 15.9 Å². The molecule has 1 atom stereocenters. The van der Waals surface area contributed by atoms with Crippen molar-refractivity contribution in [1.29, 1.82) is 0 Å². The zero-order valence-corrected chi connectivity index (χ0v) is 13.7. The molecule has 25 heavy (non-hydrogen) atoms. The number of halogens is 1. The number of hydrogen-bond acceptors (Lipinski definition) is 6. The molecule has 0 aliphatic carbocycles. The molecule has 0 saturated carbocycles. The van der Waals surface area contributed by atoms with Gasteiger partial charge in [-0.05, 0) is 24.6 Å². The number of carboxylic acids is 1. The summed E-state index contributed by atoms with van der Waals surface area (Å²) in [4.78, 5) is 18.6. The molecule has 2 aromatic rings. The molecule has 1 aromatic heterocycles. The van der Waals surface area contributed by atoms with E-state index in [1.165, 1.54) is 22.9 Å². The van der Waals surface area contributed by atoms with E-state index in [1.54, 1.807) is 0 Å². The van der Waals surface area contributed by atoms with Crippen LogP contribution < -0.4 is 4.74 Å². The minimum atomic E-state index is -3.95. The number of aromatic nitrogens is 2. The lowest BCUT2D eigenvalue weighted by Gasteiger charge is -2.17. The van der Waals surface area contributed by atoms with E-state index in [2.05, 4.69) is 9.97 Å². The Labute approximate surface area is 143 Å². The zero-order valence-electron chi connectivity index (χ0n) is 12.9. The van der Waals surface area contributed by atoms with Crippen LogP contribution in [0, 0.1) is 5.82 Å². The molecule has 1 aliphatic heterocycles. The van der Waals surface area contributed by atoms with Crippen LogP contribution in [0.2, 0.25) is 0 Å². The Morgan fingerprint density at radius 3 is 2.84 bits per heavy atom. The molecule has 0 spiro atoms. The smallest absolute Gasteiger partial charge is 0.338 e. The van der Waals surface area contributed by atoms with Crippen LogP contribution in [0.4, 0.5) is 4.39 Å². The van der Waals surface area contributed by atoms with E-state index in [9.17, 15) is 17.6 Å². The average Bonchev–Trinajstić information content (AvgIpc) is 3.05. The van der Waals surface area contributed by atoms with Crippen molar-refractivity contribution in [1.82, 2.24) is 14.3 Å². The molecule has 132 valence electrons. The van der Waals surface area contributed by atoms with Gasteiger partial charge in [-0.1, -0.05) is 0 Å². The maximum absolute atomic E-state index is 13.5. The van der Waals surface area contributed by atoms with E-state index in [1.807, 2.05) is 0 Å². The van der Waals surface area contributed by atoms with Crippen molar-refractivity contribution in [3.63, 3.8) is 0 Å². The summed E-state index contributed by atoms with van der Waals surface area (Å²) >= 11 is 0. The van der Waals surface area contributed by atoms with E-state index in [4.69, 9.17) is 9.84 Å². The fourth-order valence-corrected chi connectivity index (χ4v) is 4.02. The first-order valence-electron chi connectivity index (χ1n) is 7.33. The molecule has 1 N–H and O–H groups in total. The van der Waals surface area contributed by atoms with Gasteiger partial charge in [0.05, 0.1) is 23.2 Å². The standard InChI is InChI=1S/C15H14FN3O5S/c16-13-2-1-11(7-12(13)15(20)21)25(22,23)19-6-3-10(9-19)24-14-8-17-4-5-18-14/h1-2,4-5,7-8,10H,3,6,9H2,(H,20,21)/t10-/m0/s1. The quantitative estimate of drug-likeness (QED) is 0.844. The maximum Gasteiger partial charge on any atom is 0.338 e. The Hall–Kier alpha value is -2.59. The predicted octanol–water partition coefficient (Wildman–Crippen LogP) is 1.16. The number of sulfonamides is 1. The van der Waals surface area contributed by atoms with Gasteiger partial charge in [0.1, 0.15) is 11.9 Å². The second-order valence-electron chi connectivity index (χ2n) is 5.38. The number of benzene rings is 1. The minimum Gasteiger partial charge on any atom is -0.478 e. The second-order valence-corrected chi connectivity index (χ2v) is 7.32. The van der Waals surface area contributed by atoms with Crippen LogP contribution in [0.25, 0.3) is 0 Å². The van der Waals surface area contributed by atoms with Crippen molar-refractivity contribution in [3.05, 3.63) is 48.2 Å². The SMILES string of the molecule is O=C(O)c1cc(S(=O)(=O)N2CC[C@H](Oc3cnccn3)C2)ccc1F. The van der Waals surface area contributed by atoms with Crippen molar-refractivity contribution in [2.24, 2.45) is 0 Å². The molecule has 3 rings (SSSR count). The molecular formula is C15H14FN3O5S. The minimum absolute atomic E-state index is 0.0820. The first-order valence-corrected chi connectivity index (χ1v) is 8.77. The number of rotatable bonds is 5. The Morgan fingerprint density at radius 1 is 1.36 bits per heavy atom. The summed E-state index contributed by atoms with van der Waals surface area (Å²) < 4.78 is 45.5. The van der Waals surface area contributed by atoms with Gasteiger partial charge < -0.3 is 9.84 Å². The van der Waals surface area contributed by atoms with Crippen LogP contribution in [0.3, 0.4) is 0 Å². The third-order valence-corrected chi connectivity index (χ3v) is 5.60. The summed E-state index contributed by atoms with van der Waals surface area (Å²) in [6.07, 6.45) is 4.43. The van der Waals surface area contributed by atoms with E-state index in [-0.39, 0.29) is 18.0 Å². The third-order valence-electron chi connectivity index (χ3n) is 3.74. The monoisotopic (exact) mass is 367 g/mol. The maximum atomic E-state index is 13.5. The number of nitrogens with zero attached hydrogens (tertiary/aromatic N) is 3. The highest BCUT2D eigenvalue weighted by Gasteiger charge is 2.34. The Kier molecular flexibility index (Phi) is 4.64. The number of ether oxygens (including phenoxy) is 1. The van der Waals surface area contributed by atoms with Crippen LogP contribution >= 0.6 is 0 Å². The van der Waals surface area contributed by atoms with Crippen LogP contribution in [-0.2, 0) is 10.0 Å². The van der Waals surface area contributed by atoms with Gasteiger partial charge in [-0.25, -0.2) is 22.6 Å². The highest BCUT2D eigenvalue weighted by molar-refractivity contribution is 7.89. The Bertz CT molecular complexity index is 891. The molecule has 2 heterocycles. The molecule has 10 heteroatoms. The van der Waals surface area contributed by atoms with E-state index in [0.29, 0.717) is 12.3 Å². The van der Waals surface area contributed by atoms with Crippen LogP contribution in [-0.4, -0.2) is 53.0 Å². The molecule has 1 aromatic carbocycles. The molecule has 0 amide bonds. The molecule has 1 saturated heterocycles. The molecule has 0 radical (unpaired) electrons. The van der Waals surface area contributed by atoms with Crippen molar-refractivity contribution in [2.75, 3.05) is 13.1 Å². The van der Waals surface area contributed by atoms with Gasteiger partial charge in [0.25, 0.3) is 0 Å². The van der Waals surface area contributed by atoms with Gasteiger partial charge in [0, 0.05) is 18.9 Å². The van der Waals surface area contributed by atoms with Gasteiger partial charge in [0.15, 0.2) is 0 Å². The van der Waals surface area contributed by atoms with Gasteiger partial charge in [-0.2, -0.15) is 4.31 Å². The Balaban J connectivity index is 1.77. The van der Waals surface area contributed by atoms with Crippen LogP contribution in [0.15, 0.2) is 41.7 Å². The topological polar surface area (TPSA) is 110 Å². The summed E-state index contributed by atoms with van der Waals surface area (Å²) in [6.45, 7) is 0.283. The summed E-state index contributed by atoms with van der Waals surface area (Å²) in [5, 5.41) is 8.95. The van der Waals surface area contributed by atoms with E-state index >= 15 is 0 Å². The van der Waals surface area contributed by atoms with E-state index < -0.39 is 33.5 Å². The van der Waals surface area contributed by atoms with Gasteiger partial charge in [-0.15, -0.1) is 0 Å². The van der Waals surface area contributed by atoms with Crippen molar-refractivity contribution in [3.8, 4) is 5.88 Å². The molecule has 0 bridgehead atoms. The predicted molar refractivity (Wildman–Crippen MR) is 83.2 cm³/mol. The van der Waals surface area contributed by atoms with Crippen molar-refractivity contribution in [2.45, 2.75) is 17.4 Å². The molecule has 8 nitrogen and oxygen atoms in total. The first-order chi connectivity index (χ1) is 11.9. The normalized spacial score (nSPS) is 18.2. The third kappa shape index (κ3) is 3.59. The average molecular weight is 367 g/mol. The highest BCUT2D eigenvalue weighted by atomic mass is 32.2. The Morgan fingerprint density at radius 2 is 2.16 bits per heavy atom. The fraction of sp³-hybridized carbons (Fsp3) is 0.267. The van der Waals surface area contributed by atoms with Crippen molar-refractivity contribution < 1.29 is 27.4 Å². The lowest BCUT2D eigenvalue weighted by molar-refractivity contribution is 0.0691. The molecule has 0 unspecified atom stereocenters. The number of carboxylic acid groups (broad SMARTS) is 1. The van der Waals surface area contributed by atoms with Crippen molar-refractivity contribution >= 4 is 16.0 Å². The lowest BCUT2D eigenvalue weighted by Crippen LogP contribution is -2.31. The number of hydrogen-bond donors (Lipinski definition) is 1. The molecule has 1 fully saturated rings. The molecular weight excluding hydrogens is 353 g/mol. The lowest BCUT2D eigenvalue weighted by atomic mass is 10.2. The summed E-state index contributed by atoms with van der Waals surface area (Å²) in [5.74, 6) is -2.22. The van der Waals surface area contributed by atoms with Gasteiger partial charge in [-0.3, -0.25) is 4.98 Å². The summed E-state index contributed by atoms with van der Waals surface area (Å²) in [5.41, 5.74) is -0.687. The molecule has 1 aliphatic rings. The largest absolute Gasteiger partial charge is 0.478 e. The second kappa shape index (κ2) is 6.73. The zero-order chi connectivity index (χ0) is 18.0. The highest BCUT2D eigenvalue weighted by Crippen LogP contribution is 2.24. The summed E-state index contributed by atoms with van der Waals surface area (Å²) in [6, 6.07) is 2.71. The van der Waals surface area contributed by atoms with Gasteiger partial charge >= 0.3 is 5.97 Å². The number of aromatic carboxylic acids is 1. The van der Waals surface area contributed by atoms with E-state index in [0.717, 1.165) is 18.2 Å².